The summed E-state index contributed by atoms with van der Waals surface area (Å²) >= 11 is 3.00. The Morgan fingerprint density at radius 1 is 1.09 bits per heavy atom. The van der Waals surface area contributed by atoms with Crippen molar-refractivity contribution in [3.63, 3.8) is 0 Å². The van der Waals surface area contributed by atoms with Crippen molar-refractivity contribution < 1.29 is 33.8 Å². The Morgan fingerprint density at radius 2 is 1.72 bits per heavy atom. The summed E-state index contributed by atoms with van der Waals surface area (Å²) in [5.74, 6) is -2.43. The van der Waals surface area contributed by atoms with Crippen LogP contribution < -0.4 is 5.32 Å². The number of rotatable bonds is 8. The number of nitrogens with one attached hydrogen (secondary N) is 1. The molecule has 0 saturated carbocycles. The van der Waals surface area contributed by atoms with E-state index >= 15 is 0 Å². The van der Waals surface area contributed by atoms with Crippen LogP contribution in [-0.4, -0.2) is 98.9 Å². The summed E-state index contributed by atoms with van der Waals surface area (Å²) in [6.07, 6.45) is 1.51. The van der Waals surface area contributed by atoms with Crippen molar-refractivity contribution in [2.75, 3.05) is 50.3 Å². The van der Waals surface area contributed by atoms with E-state index in [1.54, 1.807) is 23.9 Å². The predicted molar refractivity (Wildman–Crippen MR) is 116 cm³/mol. The van der Waals surface area contributed by atoms with E-state index in [1.807, 2.05) is 6.92 Å². The molecular formula is C18H23N5O7S2. The lowest BCUT2D eigenvalue weighted by Crippen LogP contribution is -2.49. The van der Waals surface area contributed by atoms with Crippen molar-refractivity contribution in [3.8, 4) is 0 Å². The summed E-state index contributed by atoms with van der Waals surface area (Å²) < 4.78 is 5.99. The second kappa shape index (κ2) is 12.9. The number of carbonyl (C=O) groups is 4. The molecule has 174 valence electrons. The normalized spacial score (nSPS) is 14.3. The van der Waals surface area contributed by atoms with Gasteiger partial charge in [0, 0.05) is 26.2 Å². The van der Waals surface area contributed by atoms with Crippen LogP contribution in [0, 0.1) is 0 Å². The molecule has 1 aliphatic rings. The van der Waals surface area contributed by atoms with Crippen LogP contribution in [0.1, 0.15) is 17.5 Å². The highest BCUT2D eigenvalue weighted by atomic mass is 32.2. The molecule has 1 aliphatic heterocycles. The number of hydrogen-bond donors (Lipinski definition) is 3. The van der Waals surface area contributed by atoms with Crippen molar-refractivity contribution in [2.24, 2.45) is 0 Å². The summed E-state index contributed by atoms with van der Waals surface area (Å²) in [7, 11) is 0. The highest BCUT2D eigenvalue weighted by Crippen LogP contribution is 2.24. The molecule has 12 nitrogen and oxygen atoms in total. The van der Waals surface area contributed by atoms with Crippen LogP contribution in [0.5, 0.6) is 0 Å². The van der Waals surface area contributed by atoms with Gasteiger partial charge >= 0.3 is 11.9 Å². The van der Waals surface area contributed by atoms with E-state index in [-0.39, 0.29) is 11.7 Å². The number of Topliss-reactive ketones (excluding diaryl/α,β-unsaturated/α-hetero) is 1. The van der Waals surface area contributed by atoms with Crippen LogP contribution in [0.15, 0.2) is 27.2 Å². The zero-order valence-electron chi connectivity index (χ0n) is 17.2. The molecule has 0 radical (unpaired) electrons. The van der Waals surface area contributed by atoms with Crippen LogP contribution in [0.2, 0.25) is 0 Å². The van der Waals surface area contributed by atoms with Crippen molar-refractivity contribution in [3.05, 3.63) is 24.2 Å². The maximum Gasteiger partial charge on any atom is 0.414 e. The fourth-order valence-electron chi connectivity index (χ4n) is 2.63. The number of piperazine rings is 1. The molecule has 14 heteroatoms. The van der Waals surface area contributed by atoms with E-state index in [2.05, 4.69) is 25.3 Å². The number of amides is 1. The largest absolute Gasteiger partial charge is 0.473 e. The fourth-order valence-corrected chi connectivity index (χ4v) is 4.29. The third-order valence-corrected chi connectivity index (χ3v) is 5.95. The molecular weight excluding hydrogens is 462 g/mol. The van der Waals surface area contributed by atoms with Crippen molar-refractivity contribution in [1.82, 2.24) is 20.0 Å². The van der Waals surface area contributed by atoms with Gasteiger partial charge in [-0.3, -0.25) is 24.7 Å². The smallest absolute Gasteiger partial charge is 0.414 e. The molecule has 0 unspecified atom stereocenters. The number of carbonyl (C=O) groups excluding carboxylic acids is 2. The quantitative estimate of drug-likeness (QED) is 0.209. The minimum absolute atomic E-state index is 0.0155. The van der Waals surface area contributed by atoms with Gasteiger partial charge in [0.15, 0.2) is 10.1 Å². The molecule has 0 aromatic carbocycles. The average molecular weight is 486 g/mol. The first-order chi connectivity index (χ1) is 15.3. The molecule has 2 aromatic rings. The third kappa shape index (κ3) is 8.74. The molecule has 1 amide bonds. The molecule has 3 N–H and O–H groups in total. The Kier molecular flexibility index (Phi) is 10.3. The number of ketones is 1. The number of hydrogen-bond acceptors (Lipinski definition) is 11. The second-order valence-corrected chi connectivity index (χ2v) is 8.91. The standard InChI is InChI=1S/C16H21N5O3S2.C2H2O4/c1-2-25-16-19-18-15(26-16)17-14(23)11-21-7-5-20(6-8-21)10-12(22)13-4-3-9-24-13;3-1(4)2(5)6/h3-4,9H,2,5-8,10-11H2,1H3,(H,17,18,23);(H,3,4)(H,5,6). The lowest BCUT2D eigenvalue weighted by molar-refractivity contribution is -0.159. The number of furan rings is 1. The lowest BCUT2D eigenvalue weighted by Gasteiger charge is -2.33. The minimum Gasteiger partial charge on any atom is -0.473 e. The minimum atomic E-state index is -1.82. The van der Waals surface area contributed by atoms with Gasteiger partial charge in [-0.25, -0.2) is 9.59 Å². The first-order valence-electron chi connectivity index (χ1n) is 9.52. The summed E-state index contributed by atoms with van der Waals surface area (Å²) in [6, 6.07) is 3.40. The summed E-state index contributed by atoms with van der Waals surface area (Å²) in [4.78, 5) is 46.6. The van der Waals surface area contributed by atoms with Gasteiger partial charge in [-0.2, -0.15) is 0 Å². The number of anilines is 1. The predicted octanol–water partition coefficient (Wildman–Crippen LogP) is 0.838. The Bertz CT molecular complexity index is 899. The number of aliphatic carboxylic acids is 2. The molecule has 3 heterocycles. The van der Waals surface area contributed by atoms with Gasteiger partial charge in [0.2, 0.25) is 16.8 Å². The van der Waals surface area contributed by atoms with Crippen LogP contribution in [0.25, 0.3) is 0 Å². The van der Waals surface area contributed by atoms with Crippen LogP contribution in [0.3, 0.4) is 0 Å². The molecule has 2 aromatic heterocycles. The third-order valence-electron chi connectivity index (χ3n) is 4.10. The van der Waals surface area contributed by atoms with E-state index in [4.69, 9.17) is 24.2 Å². The molecule has 1 fully saturated rings. The first-order valence-corrected chi connectivity index (χ1v) is 11.3. The summed E-state index contributed by atoms with van der Waals surface area (Å²) in [5.41, 5.74) is 0. The molecule has 1 saturated heterocycles. The molecule has 0 atom stereocenters. The Morgan fingerprint density at radius 3 is 2.25 bits per heavy atom. The Labute approximate surface area is 191 Å². The second-order valence-electron chi connectivity index (χ2n) is 6.42. The number of carboxylic acids is 2. The zero-order valence-corrected chi connectivity index (χ0v) is 18.9. The van der Waals surface area contributed by atoms with Gasteiger partial charge < -0.3 is 14.6 Å². The Hall–Kier alpha value is -2.81. The molecule has 3 rings (SSSR count). The lowest BCUT2D eigenvalue weighted by atomic mass is 10.2. The summed E-state index contributed by atoms with van der Waals surface area (Å²) in [5, 5.41) is 26.1. The number of carboxylic acid groups (broad SMARTS) is 2. The topological polar surface area (TPSA) is 166 Å². The van der Waals surface area contributed by atoms with Crippen LogP contribution in [0.4, 0.5) is 5.13 Å². The van der Waals surface area contributed by atoms with Gasteiger partial charge in [0.05, 0.1) is 19.4 Å². The SMILES string of the molecule is CCSc1nnc(NC(=O)CN2CCN(CC(=O)c3ccco3)CC2)s1.O=C(O)C(=O)O. The summed E-state index contributed by atoms with van der Waals surface area (Å²) in [6.45, 7) is 5.68. The van der Waals surface area contributed by atoms with E-state index in [0.717, 1.165) is 36.3 Å². The maximum absolute atomic E-state index is 12.2. The fraction of sp³-hybridized carbons (Fsp3) is 0.444. The van der Waals surface area contributed by atoms with Crippen molar-refractivity contribution in [1.29, 1.82) is 0 Å². The van der Waals surface area contributed by atoms with Crippen molar-refractivity contribution >= 4 is 51.9 Å². The van der Waals surface area contributed by atoms with Gasteiger partial charge in [0.25, 0.3) is 0 Å². The molecule has 0 spiro atoms. The number of aromatic nitrogens is 2. The van der Waals surface area contributed by atoms with Gasteiger partial charge in [-0.05, 0) is 17.9 Å². The molecule has 32 heavy (non-hydrogen) atoms. The average Bonchev–Trinajstić information content (AvgIpc) is 3.42. The first kappa shape index (κ1) is 25.5. The highest BCUT2D eigenvalue weighted by molar-refractivity contribution is 8.01. The zero-order chi connectivity index (χ0) is 23.5. The highest BCUT2D eigenvalue weighted by Gasteiger charge is 2.22. The van der Waals surface area contributed by atoms with Crippen LogP contribution >= 0.6 is 23.1 Å². The van der Waals surface area contributed by atoms with Gasteiger partial charge in [-0.1, -0.05) is 30.0 Å². The monoisotopic (exact) mass is 485 g/mol. The number of thioether (sulfide) groups is 1. The molecule has 0 aliphatic carbocycles. The van der Waals surface area contributed by atoms with E-state index in [0.29, 0.717) is 24.0 Å². The maximum atomic E-state index is 12.2. The molecule has 0 bridgehead atoms. The van der Waals surface area contributed by atoms with Gasteiger partial charge in [-0.15, -0.1) is 10.2 Å². The van der Waals surface area contributed by atoms with Gasteiger partial charge in [0.1, 0.15) is 0 Å². The Balaban J connectivity index is 0.000000534. The van der Waals surface area contributed by atoms with E-state index in [9.17, 15) is 9.59 Å². The van der Waals surface area contributed by atoms with Crippen molar-refractivity contribution in [2.45, 2.75) is 11.3 Å². The van der Waals surface area contributed by atoms with E-state index < -0.39 is 11.9 Å². The van der Waals surface area contributed by atoms with E-state index in [1.165, 1.54) is 17.6 Å². The van der Waals surface area contributed by atoms with Crippen LogP contribution in [-0.2, 0) is 14.4 Å². The number of nitrogens with zero attached hydrogens (tertiary/aromatic N) is 4.